The third-order valence-electron chi connectivity index (χ3n) is 3.28. The number of carboxylic acids is 1. The van der Waals surface area contributed by atoms with Crippen molar-refractivity contribution in [2.24, 2.45) is 5.41 Å². The van der Waals surface area contributed by atoms with Gasteiger partial charge in [0.05, 0.1) is 0 Å². The largest absolute Gasteiger partial charge is 0.479 e. The molecule has 0 aromatic rings. The average Bonchev–Trinajstić information content (AvgIpc) is 2.20. The summed E-state index contributed by atoms with van der Waals surface area (Å²) in [6, 6.07) is 0. The van der Waals surface area contributed by atoms with E-state index in [4.69, 9.17) is 9.84 Å². The van der Waals surface area contributed by atoms with Crippen LogP contribution >= 0.6 is 0 Å². The molecule has 0 aliphatic carbocycles. The van der Waals surface area contributed by atoms with Crippen LogP contribution in [-0.4, -0.2) is 48.3 Å². The average molecular weight is 229 g/mol. The number of aliphatic carboxylic acids is 1. The standard InChI is InChI=1S/C12H23NO3/c1-4-16-10(11(14)15)9-13-7-5-12(2,3)6-8-13/h10H,4-9H2,1-3H3,(H,14,15). The van der Waals surface area contributed by atoms with Gasteiger partial charge in [-0.3, -0.25) is 0 Å². The number of carbonyl (C=O) groups is 1. The topological polar surface area (TPSA) is 49.8 Å². The van der Waals surface area contributed by atoms with Crippen LogP contribution in [0.15, 0.2) is 0 Å². The van der Waals surface area contributed by atoms with Crippen molar-refractivity contribution >= 4 is 5.97 Å². The molecule has 1 N–H and O–H groups in total. The highest BCUT2D eigenvalue weighted by Crippen LogP contribution is 2.29. The van der Waals surface area contributed by atoms with E-state index in [1.165, 1.54) is 0 Å². The van der Waals surface area contributed by atoms with E-state index in [-0.39, 0.29) is 0 Å². The Bertz CT molecular complexity index is 230. The van der Waals surface area contributed by atoms with Crippen molar-refractivity contribution in [2.45, 2.75) is 39.7 Å². The minimum Gasteiger partial charge on any atom is -0.479 e. The van der Waals surface area contributed by atoms with Crippen molar-refractivity contribution in [3.63, 3.8) is 0 Å². The van der Waals surface area contributed by atoms with Gasteiger partial charge in [-0.05, 0) is 38.3 Å². The molecule has 1 atom stereocenters. The van der Waals surface area contributed by atoms with Gasteiger partial charge in [0, 0.05) is 13.2 Å². The van der Waals surface area contributed by atoms with Crippen LogP contribution in [0.5, 0.6) is 0 Å². The predicted molar refractivity (Wildman–Crippen MR) is 62.5 cm³/mol. The summed E-state index contributed by atoms with van der Waals surface area (Å²) in [6.45, 7) is 9.28. The molecule has 1 rings (SSSR count). The number of hydrogen-bond donors (Lipinski definition) is 1. The Hall–Kier alpha value is -0.610. The predicted octanol–water partition coefficient (Wildman–Crippen LogP) is 1.60. The fourth-order valence-electron chi connectivity index (χ4n) is 1.98. The van der Waals surface area contributed by atoms with Crippen molar-refractivity contribution in [2.75, 3.05) is 26.2 Å². The van der Waals surface area contributed by atoms with Crippen LogP contribution in [0.3, 0.4) is 0 Å². The van der Waals surface area contributed by atoms with Gasteiger partial charge in [-0.15, -0.1) is 0 Å². The van der Waals surface area contributed by atoms with E-state index in [9.17, 15) is 4.79 Å². The summed E-state index contributed by atoms with van der Waals surface area (Å²) in [7, 11) is 0. The molecule has 1 saturated heterocycles. The molecule has 0 spiro atoms. The molecule has 0 aromatic carbocycles. The molecule has 1 fully saturated rings. The summed E-state index contributed by atoms with van der Waals surface area (Å²) >= 11 is 0. The molecule has 1 heterocycles. The van der Waals surface area contributed by atoms with E-state index in [1.807, 2.05) is 6.92 Å². The normalized spacial score (nSPS) is 22.9. The Morgan fingerprint density at radius 2 is 2.00 bits per heavy atom. The van der Waals surface area contributed by atoms with Gasteiger partial charge in [-0.2, -0.15) is 0 Å². The van der Waals surface area contributed by atoms with Crippen molar-refractivity contribution in [1.82, 2.24) is 4.90 Å². The lowest BCUT2D eigenvalue weighted by molar-refractivity contribution is -0.151. The Kier molecular flexibility index (Phi) is 4.74. The maximum Gasteiger partial charge on any atom is 0.334 e. The quantitative estimate of drug-likeness (QED) is 0.778. The van der Waals surface area contributed by atoms with Gasteiger partial charge < -0.3 is 14.7 Å². The van der Waals surface area contributed by atoms with Crippen LogP contribution in [0.1, 0.15) is 33.6 Å². The van der Waals surface area contributed by atoms with Gasteiger partial charge in [-0.1, -0.05) is 13.8 Å². The molecule has 0 aromatic heterocycles. The third kappa shape index (κ3) is 4.10. The Morgan fingerprint density at radius 3 is 2.44 bits per heavy atom. The molecule has 1 unspecified atom stereocenters. The van der Waals surface area contributed by atoms with E-state index in [0.29, 0.717) is 18.6 Å². The number of hydrogen-bond acceptors (Lipinski definition) is 3. The van der Waals surface area contributed by atoms with Crippen molar-refractivity contribution in [3.8, 4) is 0 Å². The second-order valence-corrected chi connectivity index (χ2v) is 5.25. The number of nitrogens with zero attached hydrogens (tertiary/aromatic N) is 1. The molecule has 0 saturated carbocycles. The van der Waals surface area contributed by atoms with Crippen molar-refractivity contribution < 1.29 is 14.6 Å². The van der Waals surface area contributed by atoms with Crippen LogP contribution in [0.25, 0.3) is 0 Å². The van der Waals surface area contributed by atoms with Gasteiger partial charge in [0.25, 0.3) is 0 Å². The Morgan fingerprint density at radius 1 is 1.44 bits per heavy atom. The van der Waals surface area contributed by atoms with Crippen LogP contribution < -0.4 is 0 Å². The van der Waals surface area contributed by atoms with Gasteiger partial charge >= 0.3 is 5.97 Å². The van der Waals surface area contributed by atoms with E-state index in [2.05, 4.69) is 18.7 Å². The molecule has 16 heavy (non-hydrogen) atoms. The highest BCUT2D eigenvalue weighted by Gasteiger charge is 2.28. The molecule has 4 nitrogen and oxygen atoms in total. The van der Waals surface area contributed by atoms with Crippen LogP contribution in [0.2, 0.25) is 0 Å². The maximum atomic E-state index is 10.9. The lowest BCUT2D eigenvalue weighted by Gasteiger charge is -2.37. The second-order valence-electron chi connectivity index (χ2n) is 5.25. The summed E-state index contributed by atoms with van der Waals surface area (Å²) in [5.74, 6) is -0.855. The number of piperidine rings is 1. The number of ether oxygens (including phenoxy) is 1. The highest BCUT2D eigenvalue weighted by atomic mass is 16.5. The van der Waals surface area contributed by atoms with Gasteiger partial charge in [0.2, 0.25) is 0 Å². The number of likely N-dealkylation sites (tertiary alicyclic amines) is 1. The summed E-state index contributed by atoms with van der Waals surface area (Å²) in [5, 5.41) is 8.99. The second kappa shape index (κ2) is 5.64. The highest BCUT2D eigenvalue weighted by molar-refractivity contribution is 5.72. The first kappa shape index (κ1) is 13.5. The molecule has 4 heteroatoms. The zero-order valence-corrected chi connectivity index (χ0v) is 10.5. The summed E-state index contributed by atoms with van der Waals surface area (Å²) in [4.78, 5) is 13.1. The summed E-state index contributed by atoms with van der Waals surface area (Å²) in [5.41, 5.74) is 0.404. The molecule has 0 bridgehead atoms. The summed E-state index contributed by atoms with van der Waals surface area (Å²) < 4.78 is 5.22. The van der Waals surface area contributed by atoms with Gasteiger partial charge in [0.15, 0.2) is 6.10 Å². The fourth-order valence-corrected chi connectivity index (χ4v) is 1.98. The minimum absolute atomic E-state index is 0.404. The zero-order valence-electron chi connectivity index (χ0n) is 10.5. The summed E-state index contributed by atoms with van der Waals surface area (Å²) in [6.07, 6.45) is 1.59. The lowest BCUT2D eigenvalue weighted by Crippen LogP contribution is -2.44. The molecule has 0 amide bonds. The Balaban J connectivity index is 2.39. The Labute approximate surface area is 97.6 Å². The molecule has 1 aliphatic heterocycles. The van der Waals surface area contributed by atoms with E-state index >= 15 is 0 Å². The van der Waals surface area contributed by atoms with Crippen LogP contribution in [0, 0.1) is 5.41 Å². The molecule has 0 radical (unpaired) electrons. The smallest absolute Gasteiger partial charge is 0.334 e. The lowest BCUT2D eigenvalue weighted by atomic mass is 9.82. The molecular formula is C12H23NO3. The first-order chi connectivity index (χ1) is 7.44. The first-order valence-electron chi connectivity index (χ1n) is 6.01. The van der Waals surface area contributed by atoms with E-state index < -0.39 is 12.1 Å². The third-order valence-corrected chi connectivity index (χ3v) is 3.28. The first-order valence-corrected chi connectivity index (χ1v) is 6.01. The number of rotatable bonds is 5. The van der Waals surface area contributed by atoms with Gasteiger partial charge in [-0.25, -0.2) is 4.79 Å². The van der Waals surface area contributed by atoms with Crippen LogP contribution in [0.4, 0.5) is 0 Å². The monoisotopic (exact) mass is 229 g/mol. The SMILES string of the molecule is CCOC(CN1CCC(C)(C)CC1)C(=O)O. The number of carboxylic acid groups (broad SMARTS) is 1. The van der Waals surface area contributed by atoms with Crippen molar-refractivity contribution in [1.29, 1.82) is 0 Å². The zero-order chi connectivity index (χ0) is 12.2. The maximum absolute atomic E-state index is 10.9. The minimum atomic E-state index is -0.855. The molecule has 1 aliphatic rings. The molecular weight excluding hydrogens is 206 g/mol. The fraction of sp³-hybridized carbons (Fsp3) is 0.917. The van der Waals surface area contributed by atoms with Crippen LogP contribution in [-0.2, 0) is 9.53 Å². The van der Waals surface area contributed by atoms with Gasteiger partial charge in [0.1, 0.15) is 0 Å². The van der Waals surface area contributed by atoms with Crippen molar-refractivity contribution in [3.05, 3.63) is 0 Å². The van der Waals surface area contributed by atoms with E-state index in [1.54, 1.807) is 0 Å². The molecule has 94 valence electrons. The van der Waals surface area contributed by atoms with E-state index in [0.717, 1.165) is 25.9 Å².